The number of nitrogens with zero attached hydrogens (tertiary/aromatic N) is 2. The van der Waals surface area contributed by atoms with Gasteiger partial charge in [-0.2, -0.15) is 5.26 Å². The first kappa shape index (κ1) is 12.9. The molecule has 0 fully saturated rings. The van der Waals surface area contributed by atoms with Gasteiger partial charge < -0.3 is 9.88 Å². The van der Waals surface area contributed by atoms with Crippen LogP contribution in [0.4, 0.5) is 5.69 Å². The van der Waals surface area contributed by atoms with Crippen molar-refractivity contribution in [3.05, 3.63) is 63.6 Å². The second-order valence-electron chi connectivity index (χ2n) is 4.52. The quantitative estimate of drug-likeness (QED) is 0.908. The van der Waals surface area contributed by atoms with E-state index in [1.165, 1.54) is 0 Å². The van der Waals surface area contributed by atoms with E-state index in [-0.39, 0.29) is 11.1 Å². The first-order valence-electron chi connectivity index (χ1n) is 5.99. The topological polar surface area (TPSA) is 59.9 Å². The smallest absolute Gasteiger partial charge is 0.266 e. The van der Waals surface area contributed by atoms with E-state index in [9.17, 15) is 4.79 Å². The summed E-state index contributed by atoms with van der Waals surface area (Å²) in [6.07, 6.45) is 2.15. The van der Waals surface area contributed by atoms with Crippen LogP contribution >= 0.6 is 0 Å². The van der Waals surface area contributed by atoms with Gasteiger partial charge in [0.1, 0.15) is 11.6 Å². The van der Waals surface area contributed by atoms with Crippen LogP contribution in [-0.2, 0) is 6.42 Å². The number of para-hydroxylation sites is 1. The zero-order chi connectivity index (χ0) is 13.8. The number of rotatable bonds is 3. The SMILES string of the molecule is CN(C)c1ccccc1Cc1cc[nH]c(=O)c1C#N. The van der Waals surface area contributed by atoms with Gasteiger partial charge in [-0.15, -0.1) is 0 Å². The zero-order valence-electron chi connectivity index (χ0n) is 11.0. The van der Waals surface area contributed by atoms with Crippen molar-refractivity contribution in [1.29, 1.82) is 5.26 Å². The Morgan fingerprint density at radius 3 is 2.63 bits per heavy atom. The fourth-order valence-corrected chi connectivity index (χ4v) is 2.09. The highest BCUT2D eigenvalue weighted by atomic mass is 16.1. The maximum Gasteiger partial charge on any atom is 0.266 e. The molecule has 0 spiro atoms. The summed E-state index contributed by atoms with van der Waals surface area (Å²) in [5.41, 5.74) is 2.79. The number of nitrogens with one attached hydrogen (secondary N) is 1. The summed E-state index contributed by atoms with van der Waals surface area (Å²) in [5, 5.41) is 9.08. The molecule has 19 heavy (non-hydrogen) atoms. The van der Waals surface area contributed by atoms with Gasteiger partial charge in [0.2, 0.25) is 0 Å². The molecule has 0 atom stereocenters. The molecule has 0 aliphatic rings. The number of aromatic nitrogens is 1. The number of benzene rings is 1. The minimum atomic E-state index is -0.331. The fraction of sp³-hybridized carbons (Fsp3) is 0.200. The summed E-state index contributed by atoms with van der Waals surface area (Å²) < 4.78 is 0. The molecule has 1 N–H and O–H groups in total. The summed E-state index contributed by atoms with van der Waals surface area (Å²) in [4.78, 5) is 16.1. The average molecular weight is 253 g/mol. The van der Waals surface area contributed by atoms with E-state index >= 15 is 0 Å². The van der Waals surface area contributed by atoms with Crippen LogP contribution < -0.4 is 10.5 Å². The summed E-state index contributed by atoms with van der Waals surface area (Å²) in [6, 6.07) is 11.7. The van der Waals surface area contributed by atoms with Crippen LogP contribution in [0.5, 0.6) is 0 Å². The molecule has 1 aromatic carbocycles. The highest BCUT2D eigenvalue weighted by Crippen LogP contribution is 2.21. The summed E-state index contributed by atoms with van der Waals surface area (Å²) in [7, 11) is 3.95. The fourth-order valence-electron chi connectivity index (χ4n) is 2.09. The molecular weight excluding hydrogens is 238 g/mol. The Balaban J connectivity index is 2.46. The molecule has 4 nitrogen and oxygen atoms in total. The van der Waals surface area contributed by atoms with E-state index < -0.39 is 0 Å². The molecule has 2 rings (SSSR count). The Morgan fingerprint density at radius 2 is 1.95 bits per heavy atom. The highest BCUT2D eigenvalue weighted by molar-refractivity contribution is 5.55. The maximum absolute atomic E-state index is 11.6. The minimum Gasteiger partial charge on any atom is -0.377 e. The number of aromatic amines is 1. The number of nitriles is 1. The van der Waals surface area contributed by atoms with Crippen LogP contribution in [0.25, 0.3) is 0 Å². The number of hydrogen-bond donors (Lipinski definition) is 1. The van der Waals surface area contributed by atoms with Crippen molar-refractivity contribution in [2.24, 2.45) is 0 Å². The molecule has 0 radical (unpaired) electrons. The molecule has 2 aromatic rings. The summed E-state index contributed by atoms with van der Waals surface area (Å²) in [5.74, 6) is 0. The van der Waals surface area contributed by atoms with Crippen LogP contribution in [0.3, 0.4) is 0 Å². The van der Waals surface area contributed by atoms with Crippen molar-refractivity contribution in [2.75, 3.05) is 19.0 Å². The average Bonchev–Trinajstić information content (AvgIpc) is 2.39. The first-order valence-corrected chi connectivity index (χ1v) is 5.99. The molecule has 1 aromatic heterocycles. The number of H-pyrrole nitrogens is 1. The van der Waals surface area contributed by atoms with Gasteiger partial charge in [-0.3, -0.25) is 4.79 Å². The van der Waals surface area contributed by atoms with Gasteiger partial charge in [0.15, 0.2) is 0 Å². The van der Waals surface area contributed by atoms with Gasteiger partial charge in [-0.05, 0) is 23.3 Å². The molecule has 0 saturated heterocycles. The van der Waals surface area contributed by atoms with E-state index in [2.05, 4.69) is 4.98 Å². The molecule has 4 heteroatoms. The van der Waals surface area contributed by atoms with Crippen molar-refractivity contribution < 1.29 is 0 Å². The molecule has 0 bridgehead atoms. The van der Waals surface area contributed by atoms with Gasteiger partial charge >= 0.3 is 0 Å². The lowest BCUT2D eigenvalue weighted by molar-refractivity contribution is 1.06. The van der Waals surface area contributed by atoms with Crippen molar-refractivity contribution >= 4 is 5.69 Å². The summed E-state index contributed by atoms with van der Waals surface area (Å²) >= 11 is 0. The third-order valence-electron chi connectivity index (χ3n) is 3.01. The van der Waals surface area contributed by atoms with E-state index in [0.29, 0.717) is 6.42 Å². The molecule has 0 amide bonds. The van der Waals surface area contributed by atoms with Crippen LogP contribution in [0.2, 0.25) is 0 Å². The van der Waals surface area contributed by atoms with Crippen molar-refractivity contribution in [3.63, 3.8) is 0 Å². The van der Waals surface area contributed by atoms with E-state index in [0.717, 1.165) is 16.8 Å². The van der Waals surface area contributed by atoms with Gasteiger partial charge in [0.05, 0.1) is 0 Å². The van der Waals surface area contributed by atoms with Gasteiger partial charge in [-0.1, -0.05) is 18.2 Å². The molecule has 96 valence electrons. The second kappa shape index (κ2) is 5.40. The third-order valence-corrected chi connectivity index (χ3v) is 3.01. The number of hydrogen-bond acceptors (Lipinski definition) is 3. The lowest BCUT2D eigenvalue weighted by atomic mass is 10.0. The van der Waals surface area contributed by atoms with Crippen LogP contribution in [0.1, 0.15) is 16.7 Å². The largest absolute Gasteiger partial charge is 0.377 e. The monoisotopic (exact) mass is 253 g/mol. The Bertz CT molecular complexity index is 680. The van der Waals surface area contributed by atoms with Gasteiger partial charge in [0, 0.05) is 32.4 Å². The Kier molecular flexibility index (Phi) is 3.67. The predicted molar refractivity (Wildman–Crippen MR) is 75.4 cm³/mol. The zero-order valence-corrected chi connectivity index (χ0v) is 11.0. The van der Waals surface area contributed by atoms with E-state index in [4.69, 9.17) is 5.26 Å². The lowest BCUT2D eigenvalue weighted by Crippen LogP contribution is -2.14. The highest BCUT2D eigenvalue weighted by Gasteiger charge is 2.10. The van der Waals surface area contributed by atoms with Gasteiger partial charge in [0.25, 0.3) is 5.56 Å². The van der Waals surface area contributed by atoms with E-state index in [1.807, 2.05) is 49.3 Å². The molecule has 0 aliphatic heterocycles. The lowest BCUT2D eigenvalue weighted by Gasteiger charge is -2.17. The number of pyridine rings is 1. The molecule has 1 heterocycles. The Hall–Kier alpha value is -2.54. The summed E-state index contributed by atoms with van der Waals surface area (Å²) in [6.45, 7) is 0. The molecule has 0 saturated carbocycles. The number of anilines is 1. The van der Waals surface area contributed by atoms with Crippen molar-refractivity contribution in [1.82, 2.24) is 4.98 Å². The second-order valence-corrected chi connectivity index (χ2v) is 4.52. The van der Waals surface area contributed by atoms with Crippen molar-refractivity contribution in [3.8, 4) is 6.07 Å². The minimum absolute atomic E-state index is 0.191. The van der Waals surface area contributed by atoms with E-state index in [1.54, 1.807) is 12.3 Å². The maximum atomic E-state index is 11.6. The van der Waals surface area contributed by atoms with Crippen molar-refractivity contribution in [2.45, 2.75) is 6.42 Å². The van der Waals surface area contributed by atoms with Crippen LogP contribution in [0.15, 0.2) is 41.3 Å². The van der Waals surface area contributed by atoms with Crippen LogP contribution in [0, 0.1) is 11.3 Å². The van der Waals surface area contributed by atoms with Crippen LogP contribution in [-0.4, -0.2) is 19.1 Å². The predicted octanol–water partition coefficient (Wildman–Crippen LogP) is 1.90. The Labute approximate surface area is 111 Å². The normalized spacial score (nSPS) is 9.95. The Morgan fingerprint density at radius 1 is 1.21 bits per heavy atom. The standard InChI is InChI=1S/C15H15N3O/c1-18(2)14-6-4-3-5-12(14)9-11-7-8-17-15(19)13(11)10-16/h3-8H,9H2,1-2H3,(H,17,19). The molecule has 0 aliphatic carbocycles. The molecular formula is C15H15N3O. The molecule has 0 unspecified atom stereocenters. The first-order chi connectivity index (χ1) is 9.13. The van der Waals surface area contributed by atoms with Gasteiger partial charge in [-0.25, -0.2) is 0 Å². The third kappa shape index (κ3) is 2.66.